The molecule has 0 saturated carbocycles. The first-order valence-corrected chi connectivity index (χ1v) is 10.1. The molecule has 156 valence electrons. The van der Waals surface area contributed by atoms with Gasteiger partial charge in [0.05, 0.1) is 18.0 Å². The maximum absolute atomic E-state index is 12.8. The lowest BCUT2D eigenvalue weighted by atomic mass is 10.0. The Labute approximate surface area is 183 Å². The van der Waals surface area contributed by atoms with E-state index >= 15 is 0 Å². The molecule has 0 aliphatic heterocycles. The van der Waals surface area contributed by atoms with E-state index in [1.165, 1.54) is 4.57 Å². The van der Waals surface area contributed by atoms with Gasteiger partial charge in [-0.2, -0.15) is 0 Å². The molecule has 31 heavy (non-hydrogen) atoms. The molecule has 4 rings (SSSR count). The summed E-state index contributed by atoms with van der Waals surface area (Å²) in [5.41, 5.74) is 1.64. The Hall–Kier alpha value is -3.71. The van der Waals surface area contributed by atoms with Crippen LogP contribution in [0.15, 0.2) is 72.0 Å². The highest BCUT2D eigenvalue weighted by Crippen LogP contribution is 2.28. The quantitative estimate of drug-likeness (QED) is 0.352. The van der Waals surface area contributed by atoms with Crippen molar-refractivity contribution in [2.75, 3.05) is 7.11 Å². The average molecular weight is 432 g/mol. The number of carbonyl (C=O) groups is 1. The predicted molar refractivity (Wildman–Crippen MR) is 125 cm³/mol. The van der Waals surface area contributed by atoms with Crippen molar-refractivity contribution in [2.24, 2.45) is 0 Å². The minimum absolute atomic E-state index is 0.217. The Morgan fingerprint density at radius 2 is 2.00 bits per heavy atom. The van der Waals surface area contributed by atoms with Crippen LogP contribution in [-0.2, 0) is 13.1 Å². The molecule has 0 atom stereocenters. The third kappa shape index (κ3) is 3.87. The van der Waals surface area contributed by atoms with Gasteiger partial charge in [-0.3, -0.25) is 14.2 Å². The van der Waals surface area contributed by atoms with Crippen LogP contribution in [0.1, 0.15) is 15.9 Å². The fourth-order valence-electron chi connectivity index (χ4n) is 3.65. The fraction of sp³-hybridized carbons (Fsp3) is 0.125. The maximum Gasteiger partial charge on any atom is 0.262 e. The van der Waals surface area contributed by atoms with E-state index in [4.69, 9.17) is 17.0 Å². The van der Waals surface area contributed by atoms with E-state index in [1.807, 2.05) is 36.4 Å². The Morgan fingerprint density at radius 1 is 1.19 bits per heavy atom. The van der Waals surface area contributed by atoms with Crippen LogP contribution in [0.25, 0.3) is 21.7 Å². The maximum atomic E-state index is 12.8. The summed E-state index contributed by atoms with van der Waals surface area (Å²) in [5, 5.41) is 5.50. The molecule has 3 aromatic carbocycles. The van der Waals surface area contributed by atoms with Gasteiger partial charge in [-0.25, -0.2) is 0 Å². The number of amides is 1. The van der Waals surface area contributed by atoms with Gasteiger partial charge in [0.1, 0.15) is 5.75 Å². The SMILES string of the molecule is C=CCn1c(=S)[nH]c2cc(C(=O)NCc3c(OC)ccc4ccccc34)ccc2c1=O. The molecule has 6 nitrogen and oxygen atoms in total. The molecule has 0 saturated heterocycles. The van der Waals surface area contributed by atoms with Crippen molar-refractivity contribution in [3.8, 4) is 5.75 Å². The number of methoxy groups -OCH3 is 1. The number of hydrogen-bond acceptors (Lipinski definition) is 4. The number of carbonyl (C=O) groups excluding carboxylic acids is 1. The third-order valence-electron chi connectivity index (χ3n) is 5.20. The van der Waals surface area contributed by atoms with Crippen LogP contribution >= 0.6 is 12.2 Å². The predicted octanol–water partition coefficient (Wildman–Crippen LogP) is 4.34. The van der Waals surface area contributed by atoms with E-state index in [2.05, 4.69) is 16.9 Å². The van der Waals surface area contributed by atoms with Gasteiger partial charge in [-0.05, 0) is 47.3 Å². The van der Waals surface area contributed by atoms with Crippen molar-refractivity contribution >= 4 is 39.8 Å². The van der Waals surface area contributed by atoms with Gasteiger partial charge in [0.2, 0.25) is 0 Å². The van der Waals surface area contributed by atoms with Gasteiger partial charge in [-0.15, -0.1) is 6.58 Å². The summed E-state index contributed by atoms with van der Waals surface area (Å²) in [7, 11) is 1.61. The zero-order valence-electron chi connectivity index (χ0n) is 17.0. The van der Waals surface area contributed by atoms with E-state index in [1.54, 1.807) is 31.4 Å². The first-order chi connectivity index (χ1) is 15.0. The molecule has 7 heteroatoms. The standard InChI is InChI=1S/C24H21N3O3S/c1-3-12-27-23(29)18-10-8-16(13-20(18)26-24(27)31)22(28)25-14-19-17-7-5-4-6-15(17)9-11-21(19)30-2/h3-11,13H,1,12,14H2,2H3,(H,25,28)(H,26,31). The number of nitrogens with zero attached hydrogens (tertiary/aromatic N) is 1. The van der Waals surface area contributed by atoms with Crippen LogP contribution in [0.3, 0.4) is 0 Å². The normalized spacial score (nSPS) is 10.9. The lowest BCUT2D eigenvalue weighted by molar-refractivity contribution is 0.0951. The zero-order valence-corrected chi connectivity index (χ0v) is 17.8. The van der Waals surface area contributed by atoms with E-state index in [-0.39, 0.29) is 16.2 Å². The molecule has 4 aromatic rings. The number of aromatic amines is 1. The van der Waals surface area contributed by atoms with Crippen LogP contribution in [0.2, 0.25) is 0 Å². The summed E-state index contributed by atoms with van der Waals surface area (Å²) in [4.78, 5) is 28.5. The second-order valence-corrected chi connectivity index (χ2v) is 7.43. The van der Waals surface area contributed by atoms with Crippen LogP contribution in [-0.4, -0.2) is 22.6 Å². The fourth-order valence-corrected chi connectivity index (χ4v) is 3.92. The van der Waals surface area contributed by atoms with Gasteiger partial charge in [-0.1, -0.05) is 36.4 Å². The second kappa shape index (κ2) is 8.57. The first kappa shape index (κ1) is 20.6. The smallest absolute Gasteiger partial charge is 0.262 e. The van der Waals surface area contributed by atoms with Crippen molar-refractivity contribution in [3.63, 3.8) is 0 Å². The molecular weight excluding hydrogens is 410 g/mol. The highest BCUT2D eigenvalue weighted by molar-refractivity contribution is 7.71. The highest BCUT2D eigenvalue weighted by atomic mass is 32.1. The van der Waals surface area contributed by atoms with Gasteiger partial charge in [0.15, 0.2) is 4.77 Å². The van der Waals surface area contributed by atoms with Crippen molar-refractivity contribution in [3.05, 3.63) is 93.5 Å². The van der Waals surface area contributed by atoms with E-state index in [0.29, 0.717) is 35.3 Å². The summed E-state index contributed by atoms with van der Waals surface area (Å²) in [6, 6.07) is 16.7. The summed E-state index contributed by atoms with van der Waals surface area (Å²) >= 11 is 5.27. The van der Waals surface area contributed by atoms with E-state index in [0.717, 1.165) is 16.3 Å². The molecule has 1 heterocycles. The number of hydrogen-bond donors (Lipinski definition) is 2. The summed E-state index contributed by atoms with van der Waals surface area (Å²) in [6.45, 7) is 4.27. The Bertz CT molecular complexity index is 1440. The summed E-state index contributed by atoms with van der Waals surface area (Å²) < 4.78 is 7.21. The Balaban J connectivity index is 1.65. The number of benzene rings is 3. The number of aromatic nitrogens is 2. The van der Waals surface area contributed by atoms with Gasteiger partial charge < -0.3 is 15.0 Å². The molecule has 0 aliphatic rings. The van der Waals surface area contributed by atoms with Crippen LogP contribution in [0.4, 0.5) is 0 Å². The number of rotatable bonds is 6. The molecule has 0 aliphatic carbocycles. The number of fused-ring (bicyclic) bond motifs is 2. The van der Waals surface area contributed by atoms with Crippen molar-refractivity contribution < 1.29 is 9.53 Å². The Kier molecular flexibility index (Phi) is 5.68. The van der Waals surface area contributed by atoms with Gasteiger partial charge >= 0.3 is 0 Å². The average Bonchev–Trinajstić information content (AvgIpc) is 2.79. The van der Waals surface area contributed by atoms with Crippen molar-refractivity contribution in [2.45, 2.75) is 13.1 Å². The number of H-pyrrole nitrogens is 1. The van der Waals surface area contributed by atoms with Crippen LogP contribution in [0, 0.1) is 4.77 Å². The van der Waals surface area contributed by atoms with Crippen LogP contribution in [0.5, 0.6) is 5.75 Å². The minimum atomic E-state index is -0.258. The largest absolute Gasteiger partial charge is 0.496 e. The summed E-state index contributed by atoms with van der Waals surface area (Å²) in [6.07, 6.45) is 1.61. The Morgan fingerprint density at radius 3 is 2.77 bits per heavy atom. The molecule has 1 aromatic heterocycles. The van der Waals surface area contributed by atoms with Crippen LogP contribution < -0.4 is 15.6 Å². The van der Waals surface area contributed by atoms with Crippen molar-refractivity contribution in [1.82, 2.24) is 14.9 Å². The lowest BCUT2D eigenvalue weighted by Crippen LogP contribution is -2.24. The molecule has 0 bridgehead atoms. The highest BCUT2D eigenvalue weighted by Gasteiger charge is 2.13. The zero-order chi connectivity index (χ0) is 22.0. The molecule has 2 N–H and O–H groups in total. The number of nitrogens with one attached hydrogen (secondary N) is 2. The second-order valence-electron chi connectivity index (χ2n) is 7.05. The van der Waals surface area contributed by atoms with Crippen molar-refractivity contribution in [1.29, 1.82) is 0 Å². The van der Waals surface area contributed by atoms with E-state index in [9.17, 15) is 9.59 Å². The number of allylic oxidation sites excluding steroid dienone is 1. The topological polar surface area (TPSA) is 76.1 Å². The van der Waals surface area contributed by atoms with Gasteiger partial charge in [0.25, 0.3) is 11.5 Å². The van der Waals surface area contributed by atoms with E-state index < -0.39 is 0 Å². The summed E-state index contributed by atoms with van der Waals surface area (Å²) in [5.74, 6) is 0.454. The molecular formula is C24H21N3O3S. The molecule has 1 amide bonds. The molecule has 0 fully saturated rings. The molecule has 0 radical (unpaired) electrons. The molecule has 0 spiro atoms. The number of ether oxygens (including phenoxy) is 1. The third-order valence-corrected chi connectivity index (χ3v) is 5.52. The lowest BCUT2D eigenvalue weighted by Gasteiger charge is -2.13. The molecule has 0 unspecified atom stereocenters. The first-order valence-electron chi connectivity index (χ1n) is 9.74. The van der Waals surface area contributed by atoms with Gasteiger partial charge in [0, 0.05) is 24.2 Å². The minimum Gasteiger partial charge on any atom is -0.496 e. The monoisotopic (exact) mass is 431 g/mol.